The minimum atomic E-state index is -0.757. The first-order valence-corrected chi connectivity index (χ1v) is 21.4. The number of para-hydroxylation sites is 1. The van der Waals surface area contributed by atoms with Crippen LogP contribution in [-0.4, -0.2) is 103 Å². The summed E-state index contributed by atoms with van der Waals surface area (Å²) in [5, 5.41) is 9.25. The second-order valence-corrected chi connectivity index (χ2v) is 16.8. The normalized spacial score (nSPS) is 20.9. The van der Waals surface area contributed by atoms with E-state index in [1.54, 1.807) is 12.1 Å². The average Bonchev–Trinajstić information content (AvgIpc) is 4.01. The van der Waals surface area contributed by atoms with E-state index in [4.69, 9.17) is 9.97 Å². The zero-order chi connectivity index (χ0) is 40.7. The number of nitrogens with zero attached hydrogens (tertiary/aromatic N) is 8. The van der Waals surface area contributed by atoms with Gasteiger partial charge >= 0.3 is 0 Å². The number of imide groups is 1. The molecular weight excluding hydrogens is 762 g/mol. The first kappa shape index (κ1) is 38.3. The van der Waals surface area contributed by atoms with Gasteiger partial charge in [-0.25, -0.2) is 14.4 Å². The number of imidazole rings is 1. The second-order valence-electron chi connectivity index (χ2n) is 16.8. The van der Waals surface area contributed by atoms with Crippen molar-refractivity contribution in [3.05, 3.63) is 95.4 Å². The fourth-order valence-corrected chi connectivity index (χ4v) is 9.87. The molecule has 4 aliphatic heterocycles. The molecule has 2 aromatic heterocycles. The summed E-state index contributed by atoms with van der Waals surface area (Å²) in [5.74, 6) is -0.196. The van der Waals surface area contributed by atoms with Crippen LogP contribution in [0.3, 0.4) is 0 Å². The molecule has 3 aromatic carbocycles. The van der Waals surface area contributed by atoms with Crippen molar-refractivity contribution in [2.45, 2.75) is 82.6 Å². The van der Waals surface area contributed by atoms with Crippen LogP contribution in [-0.2, 0) is 22.7 Å². The van der Waals surface area contributed by atoms with E-state index < -0.39 is 11.9 Å². The lowest BCUT2D eigenvalue weighted by Gasteiger charge is -2.43. The van der Waals surface area contributed by atoms with Crippen molar-refractivity contribution in [3.63, 3.8) is 0 Å². The summed E-state index contributed by atoms with van der Waals surface area (Å²) in [6.07, 6.45) is 9.03. The maximum atomic E-state index is 15.8. The molecule has 0 radical (unpaired) electrons. The number of anilines is 5. The van der Waals surface area contributed by atoms with Crippen molar-refractivity contribution in [2.24, 2.45) is 0 Å². The van der Waals surface area contributed by atoms with Gasteiger partial charge in [0.1, 0.15) is 17.4 Å². The van der Waals surface area contributed by atoms with Gasteiger partial charge in [-0.15, -0.1) is 0 Å². The van der Waals surface area contributed by atoms with Gasteiger partial charge in [0.2, 0.25) is 23.7 Å². The molecular formula is C45H50FN11O3. The van der Waals surface area contributed by atoms with Crippen LogP contribution in [0.4, 0.5) is 33.3 Å². The zero-order valence-electron chi connectivity index (χ0n) is 33.7. The average molecular weight is 812 g/mol. The molecule has 310 valence electrons. The van der Waals surface area contributed by atoms with Crippen molar-refractivity contribution >= 4 is 57.8 Å². The number of piperidine rings is 2. The fourth-order valence-electron chi connectivity index (χ4n) is 9.87. The third kappa shape index (κ3) is 7.56. The minimum absolute atomic E-state index is 0.0439. The molecule has 1 atom stereocenters. The molecule has 4 fully saturated rings. The number of benzene rings is 3. The molecule has 1 aliphatic carbocycles. The molecule has 10 rings (SSSR count). The summed E-state index contributed by atoms with van der Waals surface area (Å²) in [6.45, 7) is 6.03. The Morgan fingerprint density at radius 3 is 2.27 bits per heavy atom. The largest absolute Gasteiger partial charge is 0.371 e. The van der Waals surface area contributed by atoms with E-state index in [9.17, 15) is 14.4 Å². The third-order valence-electron chi connectivity index (χ3n) is 13.2. The number of piperazine rings is 1. The van der Waals surface area contributed by atoms with Crippen molar-refractivity contribution in [1.82, 2.24) is 39.5 Å². The Morgan fingerprint density at radius 1 is 0.767 bits per heavy atom. The Labute approximate surface area is 348 Å². The second kappa shape index (κ2) is 16.3. The van der Waals surface area contributed by atoms with Crippen molar-refractivity contribution in [2.75, 3.05) is 54.8 Å². The SMILES string of the molecule is O=C1CCC(N2Cc3c(ccc(CN4CCN(C5CCN(c6ccc(Nc7ncc8nc(Nc9ccccc9)n(C9CCCC9)c8n7)cc6)CC5)CC4)c3F)C2=O)C(=O)N1. The van der Waals surface area contributed by atoms with E-state index in [0.29, 0.717) is 41.3 Å². The molecule has 6 heterocycles. The molecule has 60 heavy (non-hydrogen) atoms. The Hall–Kier alpha value is -5.93. The number of carbonyl (C=O) groups is 3. The Bertz CT molecular complexity index is 2400. The highest BCUT2D eigenvalue weighted by molar-refractivity contribution is 6.05. The first-order chi connectivity index (χ1) is 29.3. The number of halogens is 1. The molecule has 15 heteroatoms. The number of fused-ring (bicyclic) bond motifs is 2. The minimum Gasteiger partial charge on any atom is -0.371 e. The van der Waals surface area contributed by atoms with Gasteiger partial charge in [-0.2, -0.15) is 4.98 Å². The highest BCUT2D eigenvalue weighted by atomic mass is 19.1. The molecule has 5 aliphatic rings. The van der Waals surface area contributed by atoms with Crippen LogP contribution in [0.2, 0.25) is 0 Å². The monoisotopic (exact) mass is 811 g/mol. The first-order valence-electron chi connectivity index (χ1n) is 21.4. The lowest BCUT2D eigenvalue weighted by molar-refractivity contribution is -0.136. The molecule has 5 aromatic rings. The number of nitrogens with one attached hydrogen (secondary N) is 3. The van der Waals surface area contributed by atoms with E-state index in [1.165, 1.54) is 23.4 Å². The van der Waals surface area contributed by atoms with E-state index in [1.807, 2.05) is 36.5 Å². The van der Waals surface area contributed by atoms with Gasteiger partial charge < -0.3 is 20.4 Å². The molecule has 3 N–H and O–H groups in total. The topological polar surface area (TPSA) is 144 Å². The maximum absolute atomic E-state index is 15.8. The maximum Gasteiger partial charge on any atom is 0.255 e. The van der Waals surface area contributed by atoms with Crippen LogP contribution in [0.5, 0.6) is 0 Å². The molecule has 3 saturated heterocycles. The van der Waals surface area contributed by atoms with Gasteiger partial charge in [-0.3, -0.25) is 34.1 Å². The van der Waals surface area contributed by atoms with Gasteiger partial charge in [0, 0.05) is 98.1 Å². The Balaban J connectivity index is 0.716. The van der Waals surface area contributed by atoms with Crippen LogP contribution >= 0.6 is 0 Å². The number of hydrogen-bond acceptors (Lipinski definition) is 11. The number of aromatic nitrogens is 4. The van der Waals surface area contributed by atoms with Crippen molar-refractivity contribution in [1.29, 1.82) is 0 Å². The highest BCUT2D eigenvalue weighted by Crippen LogP contribution is 2.36. The summed E-state index contributed by atoms with van der Waals surface area (Å²) in [4.78, 5) is 60.4. The van der Waals surface area contributed by atoms with Crippen molar-refractivity contribution in [3.8, 4) is 0 Å². The van der Waals surface area contributed by atoms with E-state index in [0.717, 1.165) is 93.4 Å². The number of rotatable bonds is 10. The fraction of sp³-hybridized carbons (Fsp3) is 0.422. The number of carbonyl (C=O) groups excluding carboxylic acids is 3. The van der Waals surface area contributed by atoms with Crippen LogP contribution in [0, 0.1) is 5.82 Å². The summed E-state index contributed by atoms with van der Waals surface area (Å²) >= 11 is 0. The van der Waals surface area contributed by atoms with Crippen LogP contribution < -0.4 is 20.9 Å². The smallest absolute Gasteiger partial charge is 0.255 e. The summed E-state index contributed by atoms with van der Waals surface area (Å²) in [7, 11) is 0. The molecule has 3 amide bonds. The summed E-state index contributed by atoms with van der Waals surface area (Å²) in [6, 6.07) is 22.2. The Kier molecular flexibility index (Phi) is 10.4. The van der Waals surface area contributed by atoms with Crippen molar-refractivity contribution < 1.29 is 18.8 Å². The predicted molar refractivity (Wildman–Crippen MR) is 227 cm³/mol. The van der Waals surface area contributed by atoms with Gasteiger partial charge in [-0.05, 0) is 74.6 Å². The predicted octanol–water partition coefficient (Wildman–Crippen LogP) is 6.12. The molecule has 0 spiro atoms. The van der Waals surface area contributed by atoms with Crippen LogP contribution in [0.25, 0.3) is 11.2 Å². The van der Waals surface area contributed by atoms with Crippen LogP contribution in [0.15, 0.2) is 72.9 Å². The zero-order valence-corrected chi connectivity index (χ0v) is 33.7. The lowest BCUT2D eigenvalue weighted by atomic mass is 10.0. The molecule has 1 unspecified atom stereocenters. The van der Waals surface area contributed by atoms with E-state index >= 15 is 4.39 Å². The highest BCUT2D eigenvalue weighted by Gasteiger charge is 2.41. The Morgan fingerprint density at radius 2 is 1.52 bits per heavy atom. The summed E-state index contributed by atoms with van der Waals surface area (Å²) in [5.41, 5.74) is 5.97. The van der Waals surface area contributed by atoms with E-state index in [2.05, 4.69) is 64.5 Å². The number of hydrogen-bond donors (Lipinski definition) is 3. The van der Waals surface area contributed by atoms with Gasteiger partial charge in [0.05, 0.1) is 12.7 Å². The lowest BCUT2D eigenvalue weighted by Crippen LogP contribution is -2.53. The molecule has 1 saturated carbocycles. The molecule has 0 bridgehead atoms. The summed E-state index contributed by atoms with van der Waals surface area (Å²) < 4.78 is 18.1. The van der Waals surface area contributed by atoms with Gasteiger partial charge in [0.15, 0.2) is 5.65 Å². The standard InChI is InChI=1S/C45H50FN11O3/c46-40-29(10-15-35-36(40)28-56(43(35)60)38-16-17-39(58)51-42(38)59)27-53-22-24-55(25-23-53)33-18-20-54(21-19-33)32-13-11-31(12-14-32)48-44-47-26-37-41(52-44)57(34-8-4-5-9-34)45(50-37)49-30-6-2-1-3-7-30/h1-3,6-7,10-15,26,33-34,38H,4-5,8-9,16-25,27-28H2,(H,49,50)(H,47,48,52)(H,51,58,59). The third-order valence-corrected chi connectivity index (χ3v) is 13.2. The molecule has 14 nitrogen and oxygen atoms in total. The quantitative estimate of drug-likeness (QED) is 0.141. The van der Waals surface area contributed by atoms with Gasteiger partial charge in [0.25, 0.3) is 5.91 Å². The number of amides is 3. The van der Waals surface area contributed by atoms with Crippen LogP contribution in [0.1, 0.15) is 78.9 Å². The van der Waals surface area contributed by atoms with E-state index in [-0.39, 0.29) is 37.0 Å². The van der Waals surface area contributed by atoms with Gasteiger partial charge in [-0.1, -0.05) is 37.1 Å².